The first-order valence-electron chi connectivity index (χ1n) is 3.73. The van der Waals surface area contributed by atoms with Crippen molar-refractivity contribution in [3.05, 3.63) is 41.2 Å². The molecule has 3 nitrogen and oxygen atoms in total. The Morgan fingerprint density at radius 2 is 2.08 bits per heavy atom. The number of aryl methyl sites for hydroxylation is 1. The molecule has 3 heteroatoms. The molecule has 1 heterocycles. The van der Waals surface area contributed by atoms with Crippen LogP contribution in [0.3, 0.4) is 0 Å². The van der Waals surface area contributed by atoms with Gasteiger partial charge < -0.3 is 5.21 Å². The molecule has 1 aromatic heterocycles. The maximum Gasteiger partial charge on any atom is 0.252 e. The topological polar surface area (TPSA) is 39.8 Å². The van der Waals surface area contributed by atoms with E-state index < -0.39 is 0 Å². The summed E-state index contributed by atoms with van der Waals surface area (Å²) >= 11 is 0. The van der Waals surface area contributed by atoms with E-state index in [1.54, 1.807) is 12.3 Å². The predicted octanol–water partition coefficient (Wildman–Crippen LogP) is 1.18. The summed E-state index contributed by atoms with van der Waals surface area (Å²) in [6.45, 7) is 1.94. The normalized spacial score (nSPS) is 10.4. The number of benzene rings is 1. The fourth-order valence-corrected chi connectivity index (χ4v) is 1.24. The van der Waals surface area contributed by atoms with Gasteiger partial charge in [-0.1, -0.05) is 17.0 Å². The van der Waals surface area contributed by atoms with Gasteiger partial charge in [0.2, 0.25) is 0 Å². The molecule has 0 bridgehead atoms. The van der Waals surface area contributed by atoms with E-state index in [1.165, 1.54) is 0 Å². The van der Waals surface area contributed by atoms with Crippen molar-refractivity contribution in [3.63, 3.8) is 0 Å². The molecular weight excluding hydrogens is 152 g/mol. The van der Waals surface area contributed by atoms with E-state index in [-0.39, 0.29) is 0 Å². The van der Waals surface area contributed by atoms with E-state index in [0.29, 0.717) is 10.4 Å². The molecule has 0 N–H and O–H groups in total. The molecule has 0 radical (unpaired) electrons. The Morgan fingerprint density at radius 3 is 2.83 bits per heavy atom. The average Bonchev–Trinajstić information content (AvgIpc) is 2.12. The highest BCUT2D eigenvalue weighted by Crippen LogP contribution is 2.11. The number of rotatable bonds is 0. The van der Waals surface area contributed by atoms with Crippen molar-refractivity contribution in [1.29, 1.82) is 0 Å². The van der Waals surface area contributed by atoms with E-state index in [4.69, 9.17) is 0 Å². The third-order valence-electron chi connectivity index (χ3n) is 1.89. The third-order valence-corrected chi connectivity index (χ3v) is 1.89. The van der Waals surface area contributed by atoms with Crippen molar-refractivity contribution in [3.8, 4) is 0 Å². The summed E-state index contributed by atoms with van der Waals surface area (Å²) in [6, 6.07) is 7.43. The maximum absolute atomic E-state index is 11.1. The minimum absolute atomic E-state index is 0.623. The van der Waals surface area contributed by atoms with Crippen molar-refractivity contribution in [2.45, 2.75) is 6.92 Å². The molecule has 0 saturated carbocycles. The quantitative estimate of drug-likeness (QED) is 0.428. The Bertz CT molecular complexity index is 385. The molecule has 0 fully saturated rings. The van der Waals surface area contributed by atoms with Gasteiger partial charge in [-0.05, 0) is 18.6 Å². The van der Waals surface area contributed by atoms with Crippen LogP contribution in [0.1, 0.15) is 5.56 Å². The number of para-hydroxylation sites is 1. The minimum Gasteiger partial charge on any atom is -0.594 e. The molecular formula is C9H8N2O. The number of nitrogens with zero attached hydrogens (tertiary/aromatic N) is 2. The first kappa shape index (κ1) is 7.03. The second kappa shape index (κ2) is 2.44. The van der Waals surface area contributed by atoms with Crippen LogP contribution in [0.2, 0.25) is 0 Å². The predicted molar refractivity (Wildman–Crippen MR) is 45.4 cm³/mol. The van der Waals surface area contributed by atoms with Crippen LogP contribution in [-0.2, 0) is 0 Å². The zero-order valence-corrected chi connectivity index (χ0v) is 6.69. The van der Waals surface area contributed by atoms with E-state index in [0.717, 1.165) is 10.9 Å². The van der Waals surface area contributed by atoms with Crippen LogP contribution in [0.5, 0.6) is 0 Å². The zero-order chi connectivity index (χ0) is 8.55. The fourth-order valence-electron chi connectivity index (χ4n) is 1.24. The first-order chi connectivity index (χ1) is 5.79. The fraction of sp³-hybridized carbons (Fsp3) is 0.111. The summed E-state index contributed by atoms with van der Waals surface area (Å²) in [5.74, 6) is 0. The van der Waals surface area contributed by atoms with Gasteiger partial charge in [0, 0.05) is 11.2 Å². The van der Waals surface area contributed by atoms with Gasteiger partial charge in [0.1, 0.15) is 0 Å². The van der Waals surface area contributed by atoms with Gasteiger partial charge in [-0.25, -0.2) is 0 Å². The van der Waals surface area contributed by atoms with Gasteiger partial charge in [-0.2, -0.15) is 0 Å². The van der Waals surface area contributed by atoms with Crippen molar-refractivity contribution < 1.29 is 4.85 Å². The molecule has 0 unspecified atom stereocenters. The highest BCUT2D eigenvalue weighted by Gasteiger charge is 2.04. The Morgan fingerprint density at radius 1 is 1.33 bits per heavy atom. The second-order valence-electron chi connectivity index (χ2n) is 2.72. The molecule has 0 saturated heterocycles. The average molecular weight is 160 g/mol. The van der Waals surface area contributed by atoms with Gasteiger partial charge in [-0.15, -0.1) is 0 Å². The summed E-state index contributed by atoms with van der Waals surface area (Å²) < 4.78 is 0. The number of aromatic nitrogens is 2. The van der Waals surface area contributed by atoms with Crippen LogP contribution in [0.15, 0.2) is 30.5 Å². The largest absolute Gasteiger partial charge is 0.594 e. The molecule has 0 spiro atoms. The van der Waals surface area contributed by atoms with E-state index >= 15 is 0 Å². The maximum atomic E-state index is 11.1. The van der Waals surface area contributed by atoms with E-state index in [1.807, 2.05) is 25.1 Å². The van der Waals surface area contributed by atoms with Gasteiger partial charge in [-0.3, -0.25) is 0 Å². The van der Waals surface area contributed by atoms with E-state index in [2.05, 4.69) is 5.10 Å². The van der Waals surface area contributed by atoms with Gasteiger partial charge in [0.25, 0.3) is 5.52 Å². The number of hydrogen-bond acceptors (Lipinski definition) is 2. The summed E-state index contributed by atoms with van der Waals surface area (Å²) in [4.78, 5) is 0.641. The molecule has 2 aromatic rings. The summed E-state index contributed by atoms with van der Waals surface area (Å²) in [6.07, 6.45) is 1.58. The minimum atomic E-state index is 0.623. The highest BCUT2D eigenvalue weighted by atomic mass is 16.5. The van der Waals surface area contributed by atoms with Crippen LogP contribution in [0, 0.1) is 12.1 Å². The molecule has 12 heavy (non-hydrogen) atoms. The van der Waals surface area contributed by atoms with Gasteiger partial charge >= 0.3 is 0 Å². The van der Waals surface area contributed by atoms with Gasteiger partial charge in [0.15, 0.2) is 0 Å². The van der Waals surface area contributed by atoms with Gasteiger partial charge in [0.05, 0.1) is 11.6 Å². The molecule has 0 atom stereocenters. The molecule has 60 valence electrons. The summed E-state index contributed by atoms with van der Waals surface area (Å²) in [5, 5.41) is 15.8. The Balaban J connectivity index is 2.95. The standard InChI is InChI=1S/C9H8N2O/c1-7-6-10-11(12)9-5-3-2-4-8(7)9/h2-6H,1H3. The molecule has 0 aliphatic heterocycles. The molecule has 0 amide bonds. The monoisotopic (exact) mass is 160 g/mol. The lowest BCUT2D eigenvalue weighted by atomic mass is 10.1. The molecule has 1 aromatic carbocycles. The lowest BCUT2D eigenvalue weighted by Crippen LogP contribution is -2.31. The first-order valence-corrected chi connectivity index (χ1v) is 3.73. The van der Waals surface area contributed by atoms with Crippen LogP contribution in [-0.4, -0.2) is 5.10 Å². The lowest BCUT2D eigenvalue weighted by Gasteiger charge is -1.99. The Labute approximate surface area is 69.8 Å². The summed E-state index contributed by atoms with van der Waals surface area (Å²) in [7, 11) is 0. The zero-order valence-electron chi connectivity index (χ0n) is 6.69. The van der Waals surface area contributed by atoms with Crippen molar-refractivity contribution >= 4 is 10.9 Å². The van der Waals surface area contributed by atoms with Crippen LogP contribution < -0.4 is 4.85 Å². The van der Waals surface area contributed by atoms with Crippen LogP contribution in [0.4, 0.5) is 0 Å². The number of fused-ring (bicyclic) bond motifs is 1. The molecule has 0 aliphatic rings. The SMILES string of the molecule is Cc1cn[n+]([O-])c2ccccc12. The molecule has 0 aliphatic carbocycles. The lowest BCUT2D eigenvalue weighted by molar-refractivity contribution is -0.642. The summed E-state index contributed by atoms with van der Waals surface area (Å²) in [5.41, 5.74) is 1.65. The molecule has 2 rings (SSSR count). The van der Waals surface area contributed by atoms with Crippen LogP contribution in [0.25, 0.3) is 10.9 Å². The number of hydrogen-bond donors (Lipinski definition) is 0. The van der Waals surface area contributed by atoms with Crippen molar-refractivity contribution in [1.82, 2.24) is 5.10 Å². The smallest absolute Gasteiger partial charge is 0.252 e. The van der Waals surface area contributed by atoms with Crippen molar-refractivity contribution in [2.24, 2.45) is 0 Å². The Hall–Kier alpha value is -1.64. The highest BCUT2D eigenvalue weighted by molar-refractivity contribution is 5.78. The Kier molecular flexibility index (Phi) is 1.43. The second-order valence-corrected chi connectivity index (χ2v) is 2.72. The third kappa shape index (κ3) is 0.906. The van der Waals surface area contributed by atoms with Crippen LogP contribution >= 0.6 is 0 Å². The van der Waals surface area contributed by atoms with E-state index in [9.17, 15) is 5.21 Å². The van der Waals surface area contributed by atoms with Crippen molar-refractivity contribution in [2.75, 3.05) is 0 Å².